The van der Waals surface area contributed by atoms with Crippen LogP contribution in [0.3, 0.4) is 0 Å². The molecule has 9 nitrogen and oxygen atoms in total. The summed E-state index contributed by atoms with van der Waals surface area (Å²) < 4.78 is 5.42. The number of alkyl carbamates (subject to hydrolysis) is 1. The molecule has 0 aliphatic rings. The molecule has 0 aromatic heterocycles. The molecule has 0 bridgehead atoms. The summed E-state index contributed by atoms with van der Waals surface area (Å²) in [6, 6.07) is 8.65. The van der Waals surface area contributed by atoms with Crippen LogP contribution in [0, 0.1) is 20.8 Å². The lowest BCUT2D eigenvalue weighted by molar-refractivity contribution is -0.148. The van der Waals surface area contributed by atoms with Crippen molar-refractivity contribution in [3.8, 4) is 0 Å². The van der Waals surface area contributed by atoms with Crippen LogP contribution in [0.15, 0.2) is 36.4 Å². The number of primary amides is 1. The number of rotatable bonds is 11. The molecule has 0 fully saturated rings. The van der Waals surface area contributed by atoms with Crippen molar-refractivity contribution in [2.75, 3.05) is 5.32 Å². The van der Waals surface area contributed by atoms with Crippen molar-refractivity contribution in [3.05, 3.63) is 63.7 Å². The lowest BCUT2D eigenvalue weighted by atomic mass is 9.88. The third-order valence-corrected chi connectivity index (χ3v) is 7.53. The molecule has 4 amide bonds. The molecular formula is C32H45ClN4O5. The van der Waals surface area contributed by atoms with E-state index in [1.807, 2.05) is 65.8 Å². The summed E-state index contributed by atoms with van der Waals surface area (Å²) in [5.74, 6) is -1.64. The number of carbonyl (C=O) groups excluding carboxylic acids is 4. The molecule has 0 spiro atoms. The van der Waals surface area contributed by atoms with Gasteiger partial charge in [0.25, 0.3) is 5.91 Å². The average Bonchev–Trinajstić information content (AvgIpc) is 2.86. The van der Waals surface area contributed by atoms with E-state index in [4.69, 9.17) is 22.1 Å². The van der Waals surface area contributed by atoms with Gasteiger partial charge in [-0.25, -0.2) is 4.79 Å². The van der Waals surface area contributed by atoms with Crippen LogP contribution < -0.4 is 16.4 Å². The van der Waals surface area contributed by atoms with Crippen molar-refractivity contribution in [3.63, 3.8) is 0 Å². The van der Waals surface area contributed by atoms with Gasteiger partial charge in [0.15, 0.2) is 0 Å². The van der Waals surface area contributed by atoms with Crippen molar-refractivity contribution in [2.24, 2.45) is 5.73 Å². The van der Waals surface area contributed by atoms with Crippen molar-refractivity contribution in [2.45, 2.75) is 105 Å². The van der Waals surface area contributed by atoms with E-state index in [1.54, 1.807) is 32.9 Å². The Balaban J connectivity index is 2.76. The van der Waals surface area contributed by atoms with Gasteiger partial charge in [-0.1, -0.05) is 48.9 Å². The fraction of sp³-hybridized carbons (Fsp3) is 0.500. The molecule has 0 aliphatic heterocycles. The first-order valence-corrected chi connectivity index (χ1v) is 14.5. The van der Waals surface area contributed by atoms with Gasteiger partial charge < -0.3 is 26.0 Å². The minimum Gasteiger partial charge on any atom is -0.444 e. The predicted octanol–water partition coefficient (Wildman–Crippen LogP) is 6.12. The zero-order valence-electron chi connectivity index (χ0n) is 26.2. The number of hydrogen-bond donors (Lipinski definition) is 3. The largest absolute Gasteiger partial charge is 0.444 e. The van der Waals surface area contributed by atoms with Gasteiger partial charge in [-0.2, -0.15) is 0 Å². The van der Waals surface area contributed by atoms with Crippen LogP contribution in [0.5, 0.6) is 0 Å². The van der Waals surface area contributed by atoms with E-state index in [9.17, 15) is 19.2 Å². The molecule has 42 heavy (non-hydrogen) atoms. The number of benzene rings is 2. The van der Waals surface area contributed by atoms with Crippen molar-refractivity contribution in [1.82, 2.24) is 10.2 Å². The number of anilines is 1. The minimum atomic E-state index is -1.19. The fourth-order valence-electron chi connectivity index (χ4n) is 4.72. The molecule has 4 N–H and O–H groups in total. The number of ether oxygens (including phenoxy) is 1. The van der Waals surface area contributed by atoms with E-state index in [2.05, 4.69) is 10.6 Å². The Kier molecular flexibility index (Phi) is 11.6. The molecule has 0 aliphatic carbocycles. The highest BCUT2D eigenvalue weighted by Gasteiger charge is 2.44. The fourth-order valence-corrected chi connectivity index (χ4v) is 4.99. The van der Waals surface area contributed by atoms with Crippen LogP contribution in [0.4, 0.5) is 10.5 Å². The highest BCUT2D eigenvalue weighted by Crippen LogP contribution is 2.37. The molecular weight excluding hydrogens is 556 g/mol. The summed E-state index contributed by atoms with van der Waals surface area (Å²) in [7, 11) is 0. The van der Waals surface area contributed by atoms with Gasteiger partial charge >= 0.3 is 6.09 Å². The number of nitrogens with two attached hydrogens (primary N) is 1. The highest BCUT2D eigenvalue weighted by atomic mass is 35.5. The molecule has 0 radical (unpaired) electrons. The van der Waals surface area contributed by atoms with Crippen LogP contribution in [-0.2, 0) is 19.1 Å². The number of amides is 4. The van der Waals surface area contributed by atoms with E-state index >= 15 is 0 Å². The average molecular weight is 601 g/mol. The van der Waals surface area contributed by atoms with E-state index < -0.39 is 47.0 Å². The first kappa shape index (κ1) is 34.6. The second-order valence-corrected chi connectivity index (χ2v) is 12.6. The quantitative estimate of drug-likeness (QED) is 0.286. The molecule has 0 saturated carbocycles. The standard InChI is InChI=1S/C32H45ClN4O5/c1-10-32(8,9)37(29(40)23(17-18-24(34)38)35-30(41)42-31(5,6)7)27(25-19(2)13-11-14-20(25)3)28(39)36-26-21(4)15-12-16-22(26)33/h11-16,23,27H,10,17-18H2,1-9H3,(H2,34,38)(H,35,41)(H,36,39). The van der Waals surface area contributed by atoms with Gasteiger partial charge in [-0.3, -0.25) is 14.4 Å². The van der Waals surface area contributed by atoms with Crippen LogP contribution in [0.25, 0.3) is 0 Å². The second-order valence-electron chi connectivity index (χ2n) is 12.2. The minimum absolute atomic E-state index is 0.0750. The zero-order valence-corrected chi connectivity index (χ0v) is 26.9. The molecule has 2 aromatic rings. The van der Waals surface area contributed by atoms with Gasteiger partial charge in [0.1, 0.15) is 17.7 Å². The summed E-state index contributed by atoms with van der Waals surface area (Å²) in [6.07, 6.45) is -0.576. The van der Waals surface area contributed by atoms with Gasteiger partial charge in [0.05, 0.1) is 10.7 Å². The Hall–Kier alpha value is -3.59. The predicted molar refractivity (Wildman–Crippen MR) is 166 cm³/mol. The van der Waals surface area contributed by atoms with Crippen LogP contribution >= 0.6 is 11.6 Å². The maximum absolute atomic E-state index is 14.6. The van der Waals surface area contributed by atoms with E-state index in [1.165, 1.54) is 4.90 Å². The van der Waals surface area contributed by atoms with Gasteiger partial charge in [-0.15, -0.1) is 0 Å². The van der Waals surface area contributed by atoms with Crippen molar-refractivity contribution >= 4 is 41.1 Å². The third-order valence-electron chi connectivity index (χ3n) is 7.22. The molecule has 2 rings (SSSR count). The second kappa shape index (κ2) is 14.1. The lowest BCUT2D eigenvalue weighted by Crippen LogP contribution is -2.59. The van der Waals surface area contributed by atoms with Crippen LogP contribution in [0.1, 0.15) is 89.1 Å². The summed E-state index contributed by atoms with van der Waals surface area (Å²) in [6.45, 7) is 16.3. The Morgan fingerprint density at radius 3 is 2.00 bits per heavy atom. The van der Waals surface area contributed by atoms with E-state index in [-0.39, 0.29) is 12.8 Å². The Labute approximate surface area is 254 Å². The Morgan fingerprint density at radius 2 is 1.50 bits per heavy atom. The summed E-state index contributed by atoms with van der Waals surface area (Å²) in [5.41, 5.74) is 7.21. The number of nitrogens with zero attached hydrogens (tertiary/aromatic N) is 1. The SMILES string of the molecule is CCC(C)(C)N(C(=O)C(CCC(N)=O)NC(=O)OC(C)(C)C)C(C(=O)Nc1c(C)cccc1Cl)c1c(C)cccc1C. The van der Waals surface area contributed by atoms with E-state index in [0.29, 0.717) is 22.7 Å². The lowest BCUT2D eigenvalue weighted by Gasteiger charge is -2.45. The summed E-state index contributed by atoms with van der Waals surface area (Å²) >= 11 is 6.48. The normalized spacial score (nSPS) is 13.1. The molecule has 230 valence electrons. The number of aryl methyl sites for hydroxylation is 3. The topological polar surface area (TPSA) is 131 Å². The highest BCUT2D eigenvalue weighted by molar-refractivity contribution is 6.34. The first-order chi connectivity index (χ1) is 19.4. The number of hydrogen-bond acceptors (Lipinski definition) is 5. The Bertz CT molecular complexity index is 1280. The number of halogens is 1. The molecule has 2 unspecified atom stereocenters. The molecule has 0 heterocycles. The maximum Gasteiger partial charge on any atom is 0.408 e. The maximum atomic E-state index is 14.6. The van der Waals surface area contributed by atoms with Gasteiger partial charge in [0, 0.05) is 12.0 Å². The Morgan fingerprint density at radius 1 is 0.952 bits per heavy atom. The zero-order chi connectivity index (χ0) is 32.0. The van der Waals surface area contributed by atoms with Crippen molar-refractivity contribution < 1.29 is 23.9 Å². The van der Waals surface area contributed by atoms with Crippen molar-refractivity contribution in [1.29, 1.82) is 0 Å². The summed E-state index contributed by atoms with van der Waals surface area (Å²) in [5, 5.41) is 5.97. The summed E-state index contributed by atoms with van der Waals surface area (Å²) in [4.78, 5) is 55.1. The van der Waals surface area contributed by atoms with Crippen LogP contribution in [-0.4, -0.2) is 45.9 Å². The number of para-hydroxylation sites is 1. The molecule has 2 aromatic carbocycles. The smallest absolute Gasteiger partial charge is 0.408 e. The number of carbonyl (C=O) groups is 4. The molecule has 0 saturated heterocycles. The number of nitrogens with one attached hydrogen (secondary N) is 2. The monoisotopic (exact) mass is 600 g/mol. The molecule has 2 atom stereocenters. The first-order valence-electron chi connectivity index (χ1n) is 14.1. The van der Waals surface area contributed by atoms with Crippen LogP contribution in [0.2, 0.25) is 5.02 Å². The van der Waals surface area contributed by atoms with Gasteiger partial charge in [0.2, 0.25) is 11.8 Å². The third kappa shape index (κ3) is 8.95. The van der Waals surface area contributed by atoms with Gasteiger partial charge in [-0.05, 0) is 96.6 Å². The molecule has 10 heteroatoms. The van der Waals surface area contributed by atoms with E-state index in [0.717, 1.165) is 16.7 Å².